The molecule has 6 heteroatoms. The lowest BCUT2D eigenvalue weighted by atomic mass is 10.3. The number of oxazole rings is 1. The Morgan fingerprint density at radius 2 is 2.19 bits per heavy atom. The summed E-state index contributed by atoms with van der Waals surface area (Å²) < 4.78 is 5.80. The zero-order valence-corrected chi connectivity index (χ0v) is 9.56. The van der Waals surface area contributed by atoms with Crippen LogP contribution in [0.2, 0.25) is 0 Å². The number of anilines is 2. The monoisotopic (exact) mass is 282 g/mol. The average molecular weight is 283 g/mol. The third-order valence-corrected chi connectivity index (χ3v) is 2.53. The van der Waals surface area contributed by atoms with Gasteiger partial charge < -0.3 is 14.8 Å². The van der Waals surface area contributed by atoms with Crippen LogP contribution in [0.4, 0.5) is 11.7 Å². The van der Waals surface area contributed by atoms with Crippen LogP contribution in [0.1, 0.15) is 10.5 Å². The zero-order valence-electron chi connectivity index (χ0n) is 7.98. The van der Waals surface area contributed by atoms with Crippen molar-refractivity contribution in [1.29, 1.82) is 0 Å². The first-order valence-electron chi connectivity index (χ1n) is 4.37. The van der Waals surface area contributed by atoms with Crippen LogP contribution >= 0.6 is 15.9 Å². The first-order valence-corrected chi connectivity index (χ1v) is 5.16. The summed E-state index contributed by atoms with van der Waals surface area (Å²) in [6.45, 7) is 0. The molecule has 5 nitrogen and oxygen atoms in total. The Morgan fingerprint density at radius 1 is 1.44 bits per heavy atom. The summed E-state index contributed by atoms with van der Waals surface area (Å²) in [5.74, 6) is -1.12. The molecule has 2 rings (SSSR count). The van der Waals surface area contributed by atoms with Gasteiger partial charge in [0.25, 0.3) is 6.01 Å². The maximum absolute atomic E-state index is 10.6. The number of nitrogens with zero attached hydrogens (tertiary/aromatic N) is 1. The number of nitrogens with one attached hydrogen (secondary N) is 1. The maximum atomic E-state index is 10.6. The van der Waals surface area contributed by atoms with Crippen molar-refractivity contribution in [2.75, 3.05) is 5.32 Å². The number of para-hydroxylation sites is 1. The van der Waals surface area contributed by atoms with Crippen molar-refractivity contribution in [3.8, 4) is 0 Å². The van der Waals surface area contributed by atoms with Crippen molar-refractivity contribution in [1.82, 2.24) is 4.98 Å². The van der Waals surface area contributed by atoms with Crippen molar-refractivity contribution in [2.45, 2.75) is 0 Å². The summed E-state index contributed by atoms with van der Waals surface area (Å²) in [7, 11) is 0. The highest BCUT2D eigenvalue weighted by atomic mass is 79.9. The minimum Gasteiger partial charge on any atom is -0.476 e. The quantitative estimate of drug-likeness (QED) is 0.905. The summed E-state index contributed by atoms with van der Waals surface area (Å²) >= 11 is 3.34. The van der Waals surface area contributed by atoms with E-state index in [2.05, 4.69) is 26.2 Å². The largest absolute Gasteiger partial charge is 0.476 e. The number of rotatable bonds is 3. The normalized spacial score (nSPS) is 10.1. The van der Waals surface area contributed by atoms with E-state index >= 15 is 0 Å². The van der Waals surface area contributed by atoms with Gasteiger partial charge in [0.05, 0.1) is 5.69 Å². The summed E-state index contributed by atoms with van der Waals surface area (Å²) in [5, 5.41) is 11.5. The second-order valence-corrected chi connectivity index (χ2v) is 3.80. The Morgan fingerprint density at radius 3 is 2.81 bits per heavy atom. The zero-order chi connectivity index (χ0) is 11.5. The molecule has 0 bridgehead atoms. The standard InChI is InChI=1S/C10H7BrN2O3/c11-6-3-1-2-4-7(6)12-10-13-8(5-16-10)9(14)15/h1-5H,(H,12,13)(H,14,15). The number of carboxylic acids is 1. The summed E-state index contributed by atoms with van der Waals surface area (Å²) in [6, 6.07) is 7.52. The SMILES string of the molecule is O=C(O)c1coc(Nc2ccccc2Br)n1. The number of hydrogen-bond acceptors (Lipinski definition) is 4. The molecule has 1 aromatic carbocycles. The molecule has 0 unspecified atom stereocenters. The molecule has 0 fully saturated rings. The van der Waals surface area contributed by atoms with Gasteiger partial charge in [-0.2, -0.15) is 4.98 Å². The first-order chi connectivity index (χ1) is 7.66. The van der Waals surface area contributed by atoms with Gasteiger partial charge in [-0.25, -0.2) is 4.79 Å². The van der Waals surface area contributed by atoms with E-state index in [4.69, 9.17) is 9.52 Å². The van der Waals surface area contributed by atoms with Gasteiger partial charge in [-0.1, -0.05) is 12.1 Å². The fourth-order valence-electron chi connectivity index (χ4n) is 1.11. The van der Waals surface area contributed by atoms with E-state index < -0.39 is 5.97 Å². The number of aromatic carboxylic acids is 1. The molecular formula is C10H7BrN2O3. The van der Waals surface area contributed by atoms with E-state index in [1.807, 2.05) is 24.3 Å². The Bertz CT molecular complexity index is 524. The van der Waals surface area contributed by atoms with E-state index in [0.717, 1.165) is 16.4 Å². The molecule has 0 aliphatic rings. The van der Waals surface area contributed by atoms with Gasteiger partial charge in [0, 0.05) is 4.47 Å². The molecule has 0 atom stereocenters. The molecular weight excluding hydrogens is 276 g/mol. The van der Waals surface area contributed by atoms with Crippen LogP contribution in [0.25, 0.3) is 0 Å². The maximum Gasteiger partial charge on any atom is 0.357 e. The summed E-state index contributed by atoms with van der Waals surface area (Å²) in [6.07, 6.45) is 1.08. The van der Waals surface area contributed by atoms with Crippen molar-refractivity contribution < 1.29 is 14.3 Å². The highest BCUT2D eigenvalue weighted by Crippen LogP contribution is 2.24. The van der Waals surface area contributed by atoms with Crippen LogP contribution in [-0.2, 0) is 0 Å². The van der Waals surface area contributed by atoms with Gasteiger partial charge in [-0.05, 0) is 28.1 Å². The fourth-order valence-corrected chi connectivity index (χ4v) is 1.49. The van der Waals surface area contributed by atoms with Gasteiger partial charge in [0.1, 0.15) is 6.26 Å². The Kier molecular flexibility index (Phi) is 2.91. The van der Waals surface area contributed by atoms with Crippen LogP contribution in [0, 0.1) is 0 Å². The molecule has 0 saturated heterocycles. The Labute approximate surface area is 99.2 Å². The number of carbonyl (C=O) groups is 1. The van der Waals surface area contributed by atoms with Crippen molar-refractivity contribution in [2.24, 2.45) is 0 Å². The third kappa shape index (κ3) is 2.22. The van der Waals surface area contributed by atoms with E-state index in [1.165, 1.54) is 0 Å². The summed E-state index contributed by atoms with van der Waals surface area (Å²) in [5.41, 5.74) is 0.621. The molecule has 2 aromatic rings. The predicted molar refractivity (Wildman–Crippen MR) is 60.9 cm³/mol. The van der Waals surface area contributed by atoms with Gasteiger partial charge in [-0.3, -0.25) is 0 Å². The molecule has 0 radical (unpaired) electrons. The number of benzene rings is 1. The second-order valence-electron chi connectivity index (χ2n) is 2.95. The molecule has 0 spiro atoms. The van der Waals surface area contributed by atoms with Crippen molar-refractivity contribution >= 4 is 33.6 Å². The van der Waals surface area contributed by atoms with Gasteiger partial charge in [0.2, 0.25) is 0 Å². The molecule has 0 saturated carbocycles. The van der Waals surface area contributed by atoms with Crippen LogP contribution in [0.3, 0.4) is 0 Å². The molecule has 82 valence electrons. The fraction of sp³-hybridized carbons (Fsp3) is 0. The minimum absolute atomic E-state index is 0.130. The molecule has 0 aliphatic heterocycles. The van der Waals surface area contributed by atoms with E-state index in [0.29, 0.717) is 0 Å². The van der Waals surface area contributed by atoms with Gasteiger partial charge >= 0.3 is 5.97 Å². The molecule has 0 aliphatic carbocycles. The number of hydrogen-bond donors (Lipinski definition) is 2. The third-order valence-electron chi connectivity index (χ3n) is 1.84. The minimum atomic E-state index is -1.12. The molecule has 1 aromatic heterocycles. The Hall–Kier alpha value is -1.82. The number of aromatic nitrogens is 1. The van der Waals surface area contributed by atoms with E-state index in [-0.39, 0.29) is 11.7 Å². The summed E-state index contributed by atoms with van der Waals surface area (Å²) in [4.78, 5) is 14.3. The van der Waals surface area contributed by atoms with Gasteiger partial charge in [-0.15, -0.1) is 0 Å². The lowest BCUT2D eigenvalue weighted by molar-refractivity contribution is 0.0690. The van der Waals surface area contributed by atoms with Crippen molar-refractivity contribution in [3.63, 3.8) is 0 Å². The second kappa shape index (κ2) is 4.36. The Balaban J connectivity index is 2.21. The first kappa shape index (κ1) is 10.7. The van der Waals surface area contributed by atoms with E-state index in [9.17, 15) is 4.79 Å². The highest BCUT2D eigenvalue weighted by molar-refractivity contribution is 9.10. The van der Waals surface area contributed by atoms with Gasteiger partial charge in [0.15, 0.2) is 5.69 Å². The predicted octanol–water partition coefficient (Wildman–Crippen LogP) is 2.88. The highest BCUT2D eigenvalue weighted by Gasteiger charge is 2.10. The van der Waals surface area contributed by atoms with E-state index in [1.54, 1.807) is 0 Å². The van der Waals surface area contributed by atoms with Crippen LogP contribution < -0.4 is 5.32 Å². The topological polar surface area (TPSA) is 75.4 Å². The molecule has 16 heavy (non-hydrogen) atoms. The molecule has 0 amide bonds. The average Bonchev–Trinajstić information content (AvgIpc) is 2.70. The molecule has 1 heterocycles. The lowest BCUT2D eigenvalue weighted by Crippen LogP contribution is -1.97. The van der Waals surface area contributed by atoms with Crippen LogP contribution in [0.5, 0.6) is 0 Å². The van der Waals surface area contributed by atoms with Crippen LogP contribution in [0.15, 0.2) is 39.4 Å². The van der Waals surface area contributed by atoms with Crippen molar-refractivity contribution in [3.05, 3.63) is 40.7 Å². The van der Waals surface area contributed by atoms with Crippen LogP contribution in [-0.4, -0.2) is 16.1 Å². The number of carboxylic acid groups (broad SMARTS) is 1. The molecule has 2 N–H and O–H groups in total. The number of halogens is 1. The smallest absolute Gasteiger partial charge is 0.357 e. The lowest BCUT2D eigenvalue weighted by Gasteiger charge is -2.02.